The van der Waals surface area contributed by atoms with E-state index in [-0.39, 0.29) is 5.69 Å². The lowest BCUT2D eigenvalue weighted by molar-refractivity contribution is -0.385. The third-order valence-corrected chi connectivity index (χ3v) is 3.04. The second-order valence-corrected chi connectivity index (χ2v) is 4.29. The van der Waals surface area contributed by atoms with Crippen molar-refractivity contribution in [3.8, 4) is 6.07 Å². The van der Waals surface area contributed by atoms with Gasteiger partial charge in [-0.3, -0.25) is 14.8 Å². The highest BCUT2D eigenvalue weighted by Crippen LogP contribution is 2.19. The molecule has 0 aliphatic rings. The Labute approximate surface area is 113 Å². The molecule has 20 heavy (non-hydrogen) atoms. The Morgan fingerprint density at radius 2 is 2.25 bits per heavy atom. The zero-order valence-corrected chi connectivity index (χ0v) is 10.3. The van der Waals surface area contributed by atoms with Crippen LogP contribution in [0.3, 0.4) is 0 Å². The van der Waals surface area contributed by atoms with E-state index in [9.17, 15) is 15.4 Å². The minimum atomic E-state index is -0.495. The van der Waals surface area contributed by atoms with E-state index < -0.39 is 4.92 Å². The zero-order chi connectivity index (χ0) is 14.1. The van der Waals surface area contributed by atoms with Crippen LogP contribution in [-0.2, 0) is 6.54 Å². The Hall–Kier alpha value is -3.14. The molecule has 0 amide bonds. The molecule has 3 heterocycles. The quantitative estimate of drug-likeness (QED) is 0.536. The maximum atomic E-state index is 10.6. The van der Waals surface area contributed by atoms with Crippen molar-refractivity contribution in [2.75, 3.05) is 0 Å². The van der Waals surface area contributed by atoms with Crippen molar-refractivity contribution in [2.45, 2.75) is 6.54 Å². The second-order valence-electron chi connectivity index (χ2n) is 4.29. The summed E-state index contributed by atoms with van der Waals surface area (Å²) in [6, 6.07) is 7.76. The first-order chi connectivity index (χ1) is 9.69. The number of nitriles is 1. The number of pyridine rings is 1. The summed E-state index contributed by atoms with van der Waals surface area (Å²) < 4.78 is 3.31. The Bertz CT molecular complexity index is 840. The van der Waals surface area contributed by atoms with Crippen molar-refractivity contribution in [2.24, 2.45) is 0 Å². The van der Waals surface area contributed by atoms with Crippen molar-refractivity contribution in [3.63, 3.8) is 0 Å². The number of nitro groups is 1. The largest absolute Gasteiger partial charge is 0.322 e. The highest BCUT2D eigenvalue weighted by molar-refractivity contribution is 5.65. The van der Waals surface area contributed by atoms with Crippen LogP contribution >= 0.6 is 0 Å². The Kier molecular flexibility index (Phi) is 2.69. The molecule has 0 aliphatic carbocycles. The van der Waals surface area contributed by atoms with Crippen molar-refractivity contribution in [1.82, 2.24) is 14.2 Å². The number of nitrogens with zero attached hydrogens (tertiary/aromatic N) is 5. The van der Waals surface area contributed by atoms with Gasteiger partial charge in [0.1, 0.15) is 18.5 Å². The van der Waals surface area contributed by atoms with Crippen molar-refractivity contribution >= 4 is 11.2 Å². The van der Waals surface area contributed by atoms with Gasteiger partial charge in [0.15, 0.2) is 0 Å². The van der Waals surface area contributed by atoms with Gasteiger partial charge in [-0.1, -0.05) is 6.07 Å². The van der Waals surface area contributed by atoms with Crippen LogP contribution in [0.2, 0.25) is 0 Å². The van der Waals surface area contributed by atoms with Gasteiger partial charge in [-0.2, -0.15) is 10.4 Å². The van der Waals surface area contributed by atoms with Gasteiger partial charge in [0.2, 0.25) is 0 Å². The summed E-state index contributed by atoms with van der Waals surface area (Å²) in [4.78, 5) is 10.1. The summed E-state index contributed by atoms with van der Waals surface area (Å²) in [5, 5.41) is 23.8. The van der Waals surface area contributed by atoms with Gasteiger partial charge in [-0.25, -0.2) is 0 Å². The average molecular weight is 267 g/mol. The highest BCUT2D eigenvalue weighted by atomic mass is 16.6. The third kappa shape index (κ3) is 1.89. The fourth-order valence-electron chi connectivity index (χ4n) is 2.13. The predicted octanol–water partition coefficient (Wildman–Crippen LogP) is 1.96. The van der Waals surface area contributed by atoms with E-state index in [1.807, 2.05) is 35.0 Å². The monoisotopic (exact) mass is 267 g/mol. The van der Waals surface area contributed by atoms with Crippen LogP contribution in [-0.4, -0.2) is 19.1 Å². The van der Waals surface area contributed by atoms with E-state index >= 15 is 0 Å². The van der Waals surface area contributed by atoms with Gasteiger partial charge in [-0.05, 0) is 12.1 Å². The summed E-state index contributed by atoms with van der Waals surface area (Å²) in [5.41, 5.74) is 2.08. The molecule has 0 saturated heterocycles. The lowest BCUT2D eigenvalue weighted by Gasteiger charge is -1.97. The minimum Gasteiger partial charge on any atom is -0.322 e. The first kappa shape index (κ1) is 11.9. The molecule has 0 aliphatic heterocycles. The summed E-state index contributed by atoms with van der Waals surface area (Å²) >= 11 is 0. The molecule has 3 aromatic rings. The average Bonchev–Trinajstić information content (AvgIpc) is 3.02. The molecule has 3 rings (SSSR count). The molecular formula is C13H9N5O2. The van der Waals surface area contributed by atoms with Crippen molar-refractivity contribution in [3.05, 3.63) is 64.2 Å². The molecule has 0 N–H and O–H groups in total. The lowest BCUT2D eigenvalue weighted by Crippen LogP contribution is -2.00. The molecular weight excluding hydrogens is 258 g/mol. The van der Waals surface area contributed by atoms with E-state index in [2.05, 4.69) is 11.2 Å². The van der Waals surface area contributed by atoms with Crippen LogP contribution in [0.1, 0.15) is 11.1 Å². The van der Waals surface area contributed by atoms with Crippen LogP contribution in [0, 0.1) is 21.4 Å². The van der Waals surface area contributed by atoms with Crippen molar-refractivity contribution < 1.29 is 4.92 Å². The first-order valence-electron chi connectivity index (χ1n) is 5.84. The van der Waals surface area contributed by atoms with Gasteiger partial charge >= 0.3 is 5.69 Å². The van der Waals surface area contributed by atoms with E-state index in [4.69, 9.17) is 0 Å². The maximum absolute atomic E-state index is 10.6. The highest BCUT2D eigenvalue weighted by Gasteiger charge is 2.13. The standard InChI is InChI=1S/C13H9N5O2/c14-5-12-10(7-16-4-2-1-3-13(12)16)8-17-9-11(6-15-17)18(19)20/h1-4,6-7,9H,8H2. The number of hydrogen-bond acceptors (Lipinski definition) is 4. The van der Waals surface area contributed by atoms with Crippen LogP contribution < -0.4 is 0 Å². The van der Waals surface area contributed by atoms with Crippen LogP contribution in [0.4, 0.5) is 5.69 Å². The summed E-state index contributed by atoms with van der Waals surface area (Å²) in [5.74, 6) is 0. The minimum absolute atomic E-state index is 0.0627. The molecule has 0 bridgehead atoms. The van der Waals surface area contributed by atoms with Gasteiger partial charge in [0, 0.05) is 18.0 Å². The van der Waals surface area contributed by atoms with Crippen molar-refractivity contribution in [1.29, 1.82) is 5.26 Å². The molecule has 7 heteroatoms. The van der Waals surface area contributed by atoms with Gasteiger partial charge in [0.25, 0.3) is 0 Å². The number of fused-ring (bicyclic) bond motifs is 1. The number of hydrogen-bond donors (Lipinski definition) is 0. The summed E-state index contributed by atoms with van der Waals surface area (Å²) in [7, 11) is 0. The third-order valence-electron chi connectivity index (χ3n) is 3.04. The van der Waals surface area contributed by atoms with E-state index in [1.165, 1.54) is 17.1 Å². The Morgan fingerprint density at radius 1 is 1.40 bits per heavy atom. The molecule has 0 spiro atoms. The van der Waals surface area contributed by atoms with Gasteiger partial charge in [-0.15, -0.1) is 0 Å². The Balaban J connectivity index is 2.02. The number of rotatable bonds is 3. The second kappa shape index (κ2) is 4.51. The predicted molar refractivity (Wildman–Crippen MR) is 70.1 cm³/mol. The fraction of sp³-hybridized carbons (Fsp3) is 0.0769. The topological polar surface area (TPSA) is 89.2 Å². The molecule has 0 unspecified atom stereocenters. The molecule has 3 aromatic heterocycles. The van der Waals surface area contributed by atoms with E-state index in [0.29, 0.717) is 12.1 Å². The molecule has 7 nitrogen and oxygen atoms in total. The Morgan fingerprint density at radius 3 is 2.95 bits per heavy atom. The zero-order valence-electron chi connectivity index (χ0n) is 10.3. The fourth-order valence-corrected chi connectivity index (χ4v) is 2.13. The maximum Gasteiger partial charge on any atom is 0.307 e. The molecule has 0 saturated carbocycles. The summed E-state index contributed by atoms with van der Waals surface area (Å²) in [6.07, 6.45) is 6.23. The van der Waals surface area contributed by atoms with Crippen LogP contribution in [0.25, 0.3) is 5.52 Å². The molecule has 0 atom stereocenters. The smallest absolute Gasteiger partial charge is 0.307 e. The number of aromatic nitrogens is 3. The lowest BCUT2D eigenvalue weighted by atomic mass is 10.2. The van der Waals surface area contributed by atoms with Crippen LogP contribution in [0.5, 0.6) is 0 Å². The normalized spacial score (nSPS) is 10.6. The summed E-state index contributed by atoms with van der Waals surface area (Å²) in [6.45, 7) is 0.318. The molecule has 0 aromatic carbocycles. The van der Waals surface area contributed by atoms with Crippen LogP contribution in [0.15, 0.2) is 43.0 Å². The van der Waals surface area contributed by atoms with E-state index in [0.717, 1.165) is 11.1 Å². The molecule has 98 valence electrons. The first-order valence-corrected chi connectivity index (χ1v) is 5.84. The van der Waals surface area contributed by atoms with E-state index in [1.54, 1.807) is 0 Å². The molecule has 0 radical (unpaired) electrons. The van der Waals surface area contributed by atoms with Gasteiger partial charge < -0.3 is 4.40 Å². The SMILES string of the molecule is N#Cc1c(Cn2cc([N+](=O)[O-])cn2)cn2ccccc12. The van der Waals surface area contributed by atoms with Gasteiger partial charge in [0.05, 0.1) is 22.5 Å². The molecule has 0 fully saturated rings.